The number of nitrogens with one attached hydrogen (secondary N) is 3. The molecule has 62 heavy (non-hydrogen) atoms. The molecular weight excluding hydrogens is 889 g/mol. The molecule has 1 fully saturated rings. The van der Waals surface area contributed by atoms with Gasteiger partial charge < -0.3 is 10.1 Å². The molecule has 1 saturated carbocycles. The van der Waals surface area contributed by atoms with E-state index < -0.39 is 124 Å². The monoisotopic (exact) mass is 917 g/mol. The summed E-state index contributed by atoms with van der Waals surface area (Å²) >= 11 is 6.20. The fraction of sp³-hybridized carbons (Fsp3) is 0.351. The summed E-state index contributed by atoms with van der Waals surface area (Å²) in [6.45, 7) is -2.60. The largest absolute Gasteiger partial charge is 0.477 e. The maximum atomic E-state index is 15.3. The number of carbonyl (C=O) groups excluding carboxylic acids is 1. The van der Waals surface area contributed by atoms with Gasteiger partial charge in [-0.15, -0.1) is 11.6 Å². The number of amides is 1. The molecule has 2 aromatic carbocycles. The fourth-order valence-electron chi connectivity index (χ4n) is 7.74. The van der Waals surface area contributed by atoms with Gasteiger partial charge in [-0.05, 0) is 47.7 Å². The molecule has 3 N–H and O–H groups in total. The van der Waals surface area contributed by atoms with E-state index in [1.165, 1.54) is 12.1 Å². The summed E-state index contributed by atoms with van der Waals surface area (Å²) in [4.78, 5) is 36.9. The van der Waals surface area contributed by atoms with Gasteiger partial charge in [0.1, 0.15) is 35.4 Å². The maximum absolute atomic E-state index is 15.3. The van der Waals surface area contributed by atoms with Crippen LogP contribution >= 0.6 is 11.6 Å². The number of carbonyl (C=O) groups is 1. The number of nitrogens with zero attached hydrogens (tertiary/aromatic N) is 6. The number of anilines is 1. The molecule has 0 saturated heterocycles. The van der Waals surface area contributed by atoms with E-state index in [9.17, 15) is 48.7 Å². The average molecular weight is 918 g/mol. The molecule has 3 atom stereocenters. The van der Waals surface area contributed by atoms with Gasteiger partial charge in [0.15, 0.2) is 11.5 Å². The quantitative estimate of drug-likeness (QED) is 0.0796. The van der Waals surface area contributed by atoms with Gasteiger partial charge in [0, 0.05) is 36.0 Å². The van der Waals surface area contributed by atoms with Crippen molar-refractivity contribution < 1.29 is 57.5 Å². The molecule has 328 valence electrons. The van der Waals surface area contributed by atoms with Gasteiger partial charge >= 0.3 is 6.18 Å². The van der Waals surface area contributed by atoms with Crippen LogP contribution in [0.1, 0.15) is 65.0 Å². The van der Waals surface area contributed by atoms with Crippen molar-refractivity contribution in [3.05, 3.63) is 98.4 Å². The third kappa shape index (κ3) is 7.99. The molecule has 25 heteroatoms. The molecule has 4 heterocycles. The molecule has 0 radical (unpaired) electrons. The number of aromatic amines is 1. The second-order valence-corrected chi connectivity index (χ2v) is 16.7. The van der Waals surface area contributed by atoms with Crippen LogP contribution in [0.2, 0.25) is 0 Å². The number of alkyl halides is 8. The van der Waals surface area contributed by atoms with E-state index in [0.29, 0.717) is 16.3 Å². The number of hydrogen-bond donors (Lipinski definition) is 3. The Labute approximate surface area is 347 Å². The molecule has 0 unspecified atom stereocenters. The van der Waals surface area contributed by atoms with Gasteiger partial charge in [-0.3, -0.25) is 28.7 Å². The van der Waals surface area contributed by atoms with Gasteiger partial charge in [0.25, 0.3) is 17.9 Å². The minimum absolute atomic E-state index is 0.0200. The first-order chi connectivity index (χ1) is 29.1. The van der Waals surface area contributed by atoms with E-state index in [1.807, 2.05) is 0 Å². The summed E-state index contributed by atoms with van der Waals surface area (Å²) in [5, 5.41) is 12.6. The van der Waals surface area contributed by atoms with Crippen LogP contribution in [0.25, 0.3) is 27.6 Å². The molecule has 0 spiro atoms. The van der Waals surface area contributed by atoms with Crippen LogP contribution in [-0.2, 0) is 33.2 Å². The Balaban J connectivity index is 1.28. The Morgan fingerprint density at radius 2 is 1.82 bits per heavy atom. The van der Waals surface area contributed by atoms with Gasteiger partial charge in [0.2, 0.25) is 21.8 Å². The SMILES string of the molecule is CS(=O)(=O)Nc1n[nH]c2c(-n3c([C@H](CNC(=O)Cn4nc(C(F)F)c5c4C(F)(F)[C@@H]4C[C@H]54)c4cc(F)cc(F)c4)nc4nc(OCCC(F)(F)F)ccc4c3=O)ccc(CCl)c12. The van der Waals surface area contributed by atoms with Crippen molar-refractivity contribution in [1.29, 1.82) is 0 Å². The van der Waals surface area contributed by atoms with Crippen LogP contribution in [0.4, 0.5) is 45.3 Å². The molecule has 0 aliphatic heterocycles. The predicted molar refractivity (Wildman–Crippen MR) is 202 cm³/mol. The smallest absolute Gasteiger partial charge is 0.392 e. The molecule has 0 bridgehead atoms. The fourth-order valence-corrected chi connectivity index (χ4v) is 8.46. The van der Waals surface area contributed by atoms with Crippen molar-refractivity contribution in [3.8, 4) is 11.6 Å². The maximum Gasteiger partial charge on any atom is 0.392 e. The Hall–Kier alpha value is -5.91. The van der Waals surface area contributed by atoms with Gasteiger partial charge in [-0.1, -0.05) is 6.07 Å². The number of rotatable bonds is 14. The zero-order valence-electron chi connectivity index (χ0n) is 31.5. The Kier molecular flexibility index (Phi) is 10.7. The Bertz CT molecular complexity index is 2940. The second-order valence-electron chi connectivity index (χ2n) is 14.7. The zero-order chi connectivity index (χ0) is 44.6. The van der Waals surface area contributed by atoms with Gasteiger partial charge in [-0.25, -0.2) is 31.0 Å². The summed E-state index contributed by atoms with van der Waals surface area (Å²) in [6, 6.07) is 7.20. The normalized spacial score (nSPS) is 17.4. The van der Waals surface area contributed by atoms with Crippen LogP contribution in [0, 0.1) is 17.6 Å². The van der Waals surface area contributed by atoms with Crippen LogP contribution in [0.3, 0.4) is 0 Å². The highest BCUT2D eigenvalue weighted by Crippen LogP contribution is 2.68. The van der Waals surface area contributed by atoms with Crippen molar-refractivity contribution >= 4 is 55.3 Å². The second kappa shape index (κ2) is 15.5. The third-order valence-corrected chi connectivity index (χ3v) is 11.2. The minimum atomic E-state index is -4.59. The topological polar surface area (TPSA) is 179 Å². The number of ether oxygens (including phenoxy) is 1. The van der Waals surface area contributed by atoms with Gasteiger partial charge in [-0.2, -0.15) is 37.1 Å². The first-order valence-electron chi connectivity index (χ1n) is 18.3. The third-order valence-electron chi connectivity index (χ3n) is 10.4. The lowest BCUT2D eigenvalue weighted by molar-refractivity contribution is -0.139. The highest BCUT2D eigenvalue weighted by Gasteiger charge is 2.67. The Morgan fingerprint density at radius 1 is 1.10 bits per heavy atom. The molecule has 2 aliphatic rings. The predicted octanol–water partition coefficient (Wildman–Crippen LogP) is 6.67. The van der Waals surface area contributed by atoms with Crippen molar-refractivity contribution in [1.82, 2.24) is 39.8 Å². The lowest BCUT2D eigenvalue weighted by atomic mass is 9.96. The number of sulfonamides is 1. The summed E-state index contributed by atoms with van der Waals surface area (Å²) in [5.41, 5.74) is -3.52. The molecule has 14 nitrogen and oxygen atoms in total. The van der Waals surface area contributed by atoms with Crippen LogP contribution < -0.4 is 20.3 Å². The summed E-state index contributed by atoms with van der Waals surface area (Å²) in [5.74, 6) is -11.8. The lowest BCUT2D eigenvalue weighted by Crippen LogP contribution is -2.36. The highest BCUT2D eigenvalue weighted by atomic mass is 35.5. The van der Waals surface area contributed by atoms with E-state index in [0.717, 1.165) is 35.1 Å². The number of fused-ring (bicyclic) bond motifs is 5. The first-order valence-corrected chi connectivity index (χ1v) is 20.7. The first kappa shape index (κ1) is 42.8. The van der Waals surface area contributed by atoms with E-state index >= 15 is 8.78 Å². The number of H-pyrrole nitrogens is 1. The molecule has 1 amide bonds. The van der Waals surface area contributed by atoms with Crippen molar-refractivity contribution in [2.24, 2.45) is 5.92 Å². The molecule has 8 rings (SSSR count). The molecule has 2 aliphatic carbocycles. The molecule has 4 aromatic heterocycles. The standard InChI is InChI=1S/C37H29ClF9N9O5S/c1-62(59,60)54-33-26-15(12-38)2-4-23(28(26)51-52-33)56-34(50-32-19(35(56)58)3-5-25(49-32)61-7-6-36(43,44)45)21(16-8-17(39)10-18(40)9-16)13-48-24(57)14-55-30-27(29(53-55)31(41)42)20-11-22(20)37(30,46)47/h2-5,8-10,20-22,31H,6-7,11-14H2,1H3,(H,48,57)(H2,51,52,54)/t20-,21+,22+/m0/s1. The van der Waals surface area contributed by atoms with E-state index in [1.54, 1.807) is 0 Å². The number of hydrogen-bond acceptors (Lipinski definition) is 9. The van der Waals surface area contributed by atoms with Crippen LogP contribution in [0.15, 0.2) is 47.3 Å². The van der Waals surface area contributed by atoms with Crippen molar-refractivity contribution in [2.75, 3.05) is 24.1 Å². The number of aromatic nitrogens is 7. The summed E-state index contributed by atoms with van der Waals surface area (Å²) in [6.07, 6.45) is -8.36. The van der Waals surface area contributed by atoms with Crippen LogP contribution in [-0.4, -0.2) is 74.4 Å². The van der Waals surface area contributed by atoms with Crippen LogP contribution in [0.5, 0.6) is 5.88 Å². The van der Waals surface area contributed by atoms with Crippen molar-refractivity contribution in [2.45, 2.75) is 55.6 Å². The van der Waals surface area contributed by atoms with Gasteiger partial charge in [0.05, 0.1) is 47.2 Å². The summed E-state index contributed by atoms with van der Waals surface area (Å²) in [7, 11) is -3.95. The molecular formula is C37H29ClF9N9O5S. The highest BCUT2D eigenvalue weighted by molar-refractivity contribution is 7.92. The van der Waals surface area contributed by atoms with Crippen molar-refractivity contribution in [3.63, 3.8) is 0 Å². The van der Waals surface area contributed by atoms with E-state index in [-0.39, 0.29) is 51.2 Å². The number of halogens is 10. The minimum Gasteiger partial charge on any atom is -0.477 e. The number of pyridine rings is 1. The summed E-state index contributed by atoms with van der Waals surface area (Å²) < 4.78 is 161. The average Bonchev–Trinajstić information content (AvgIpc) is 3.65. The molecule has 6 aromatic rings. The van der Waals surface area contributed by atoms with E-state index in [4.69, 9.17) is 16.3 Å². The Morgan fingerprint density at radius 3 is 2.48 bits per heavy atom. The number of benzene rings is 2. The van der Waals surface area contributed by atoms with E-state index in [2.05, 4.69) is 35.3 Å². The zero-order valence-corrected chi connectivity index (χ0v) is 33.1. The lowest BCUT2D eigenvalue weighted by Gasteiger charge is -2.23.